The Bertz CT molecular complexity index is 2110. The van der Waals surface area contributed by atoms with Crippen molar-refractivity contribution in [2.45, 2.75) is 55.4 Å². The van der Waals surface area contributed by atoms with Crippen LogP contribution in [0.15, 0.2) is 78.9 Å². The second kappa shape index (κ2) is 14.8. The molecule has 11 heteroatoms. The maximum absolute atomic E-state index is 11.9. The largest absolute Gasteiger partial charge is 0.507 e. The van der Waals surface area contributed by atoms with E-state index in [1.165, 1.54) is 27.8 Å². The molecule has 0 heterocycles. The van der Waals surface area contributed by atoms with Crippen molar-refractivity contribution in [1.82, 2.24) is 0 Å². The number of ether oxygens (including phenoxy) is 1. The molecule has 5 N–H and O–H groups in total. The third-order valence-electron chi connectivity index (χ3n) is 8.88. The van der Waals surface area contributed by atoms with Gasteiger partial charge in [0.15, 0.2) is 0 Å². The summed E-state index contributed by atoms with van der Waals surface area (Å²) in [5, 5.41) is 11.9. The van der Waals surface area contributed by atoms with Crippen LogP contribution in [0.1, 0.15) is 44.5 Å². The van der Waals surface area contributed by atoms with Gasteiger partial charge >= 0.3 is 15.6 Å². The number of aromatic hydroxyl groups is 1. The van der Waals surface area contributed by atoms with Gasteiger partial charge in [-0.25, -0.2) is 9.13 Å². The normalized spacial score (nSPS) is 11.6. The minimum Gasteiger partial charge on any atom is -0.507 e. The lowest BCUT2D eigenvalue weighted by molar-refractivity contribution is 0.225. The molecule has 0 aliphatic rings. The van der Waals surface area contributed by atoms with E-state index in [0.717, 1.165) is 61.6 Å². The number of benzene rings is 5. The third-order valence-corrected chi connectivity index (χ3v) is 10.6. The number of hydrogen-bond acceptors (Lipinski definition) is 5. The van der Waals surface area contributed by atoms with Crippen LogP contribution in [0.3, 0.4) is 0 Å². The molecular formula is C38H42O9P2. The molecule has 0 amide bonds. The monoisotopic (exact) mass is 704 g/mol. The van der Waals surface area contributed by atoms with Crippen LogP contribution in [-0.2, 0) is 13.4 Å². The number of hydrogen-bond donors (Lipinski definition) is 5. The Morgan fingerprint density at radius 3 is 1.33 bits per heavy atom. The van der Waals surface area contributed by atoms with Gasteiger partial charge in [0.25, 0.3) is 0 Å². The zero-order valence-corrected chi connectivity index (χ0v) is 30.6. The summed E-state index contributed by atoms with van der Waals surface area (Å²) < 4.78 is 29.2. The molecule has 258 valence electrons. The van der Waals surface area contributed by atoms with Gasteiger partial charge in [0, 0.05) is 16.7 Å². The fourth-order valence-electron chi connectivity index (χ4n) is 5.66. The highest BCUT2D eigenvalue weighted by molar-refractivity contribution is 7.60. The van der Waals surface area contributed by atoms with Crippen molar-refractivity contribution in [2.24, 2.45) is 0 Å². The second-order valence-electron chi connectivity index (χ2n) is 12.1. The molecule has 0 saturated carbocycles. The zero-order valence-electron chi connectivity index (χ0n) is 28.8. The first-order valence-electron chi connectivity index (χ1n) is 15.5. The first-order valence-corrected chi connectivity index (χ1v) is 18.5. The second-order valence-corrected chi connectivity index (χ2v) is 14.7. The van der Waals surface area contributed by atoms with E-state index in [2.05, 4.69) is 120 Å². The van der Waals surface area contributed by atoms with Crippen LogP contribution in [0.5, 0.6) is 17.2 Å². The standard InChI is InChI=1S/C38H38O2.H4O7P2/c1-22-13-9-17-30(26(22)5)33-21-34(39)36(31-18-10-14-23(2)27(31)6)37(32-19-11-15-24(3)28(32)7)38(33)40-35-20-12-16-25(4)29(35)8;1-8(2,3)7-9(4,5)6/h9-21,39H,1-8H3;(H2,1,2,3)(H2,4,5,6). The minimum absolute atomic E-state index is 0.244. The van der Waals surface area contributed by atoms with Crippen LogP contribution in [0.2, 0.25) is 0 Å². The summed E-state index contributed by atoms with van der Waals surface area (Å²) in [5.41, 5.74) is 15.0. The van der Waals surface area contributed by atoms with Gasteiger partial charge in [-0.1, -0.05) is 66.7 Å². The Hall–Kier alpha value is -4.04. The van der Waals surface area contributed by atoms with Gasteiger partial charge in [-0.05, 0) is 129 Å². The molecule has 0 bridgehead atoms. The number of phenols is 1. The predicted molar refractivity (Wildman–Crippen MR) is 194 cm³/mol. The van der Waals surface area contributed by atoms with Crippen LogP contribution in [0, 0.1) is 55.4 Å². The smallest absolute Gasteiger partial charge is 0.478 e. The van der Waals surface area contributed by atoms with Crippen molar-refractivity contribution in [2.75, 3.05) is 0 Å². The van der Waals surface area contributed by atoms with Crippen LogP contribution in [0.4, 0.5) is 0 Å². The molecule has 0 saturated heterocycles. The average Bonchev–Trinajstić information content (AvgIpc) is 2.99. The van der Waals surface area contributed by atoms with Crippen LogP contribution in [0.25, 0.3) is 33.4 Å². The lowest BCUT2D eigenvalue weighted by atomic mass is 9.83. The number of phosphoric acid groups is 2. The SMILES string of the molecule is Cc1cccc(Oc2c(-c3cccc(C)c3C)cc(O)c(-c3cccc(C)c3C)c2-c2cccc(C)c2C)c1C.O=P(O)(O)OP(=O)(O)O. The summed E-state index contributed by atoms with van der Waals surface area (Å²) in [5.74, 6) is 1.81. The highest BCUT2D eigenvalue weighted by atomic mass is 31.3. The molecule has 5 rings (SSSR count). The summed E-state index contributed by atoms with van der Waals surface area (Å²) in [6.07, 6.45) is 0. The summed E-state index contributed by atoms with van der Waals surface area (Å²) in [4.78, 5) is 31.0. The molecule has 0 fully saturated rings. The Morgan fingerprint density at radius 2 is 0.878 bits per heavy atom. The lowest BCUT2D eigenvalue weighted by Crippen LogP contribution is -2.01. The van der Waals surface area contributed by atoms with Crippen molar-refractivity contribution in [1.29, 1.82) is 0 Å². The fourth-order valence-corrected chi connectivity index (χ4v) is 6.76. The molecule has 0 unspecified atom stereocenters. The molecular weight excluding hydrogens is 662 g/mol. The number of aryl methyl sites for hydroxylation is 4. The van der Waals surface area contributed by atoms with E-state index in [4.69, 9.17) is 24.3 Å². The number of phenolic OH excluding ortho intramolecular Hbond substituents is 1. The van der Waals surface area contributed by atoms with Crippen LogP contribution >= 0.6 is 15.6 Å². The summed E-state index contributed by atoms with van der Waals surface area (Å²) in [7, 11) is -10.1. The predicted octanol–water partition coefficient (Wildman–Crippen LogP) is 9.84. The maximum Gasteiger partial charge on any atom is 0.478 e. The van der Waals surface area contributed by atoms with Gasteiger partial charge in [0.1, 0.15) is 17.2 Å². The van der Waals surface area contributed by atoms with Crippen LogP contribution in [-0.4, -0.2) is 24.7 Å². The van der Waals surface area contributed by atoms with Gasteiger partial charge < -0.3 is 29.4 Å². The van der Waals surface area contributed by atoms with Crippen molar-refractivity contribution in [3.63, 3.8) is 0 Å². The summed E-state index contributed by atoms with van der Waals surface area (Å²) in [6, 6.07) is 27.1. The molecule has 0 aliphatic heterocycles. The molecule has 49 heavy (non-hydrogen) atoms. The van der Waals surface area contributed by atoms with Crippen molar-refractivity contribution < 1.29 is 42.9 Å². The Balaban J connectivity index is 0.000000529. The lowest BCUT2D eigenvalue weighted by Gasteiger charge is -2.25. The van der Waals surface area contributed by atoms with Crippen molar-refractivity contribution in [3.8, 4) is 50.6 Å². The van der Waals surface area contributed by atoms with E-state index in [0.29, 0.717) is 0 Å². The molecule has 0 atom stereocenters. The molecule has 0 aromatic heterocycles. The van der Waals surface area contributed by atoms with Gasteiger partial charge in [0.05, 0.1) is 0 Å². The van der Waals surface area contributed by atoms with Crippen molar-refractivity contribution >= 4 is 15.6 Å². The molecule has 5 aromatic rings. The minimum atomic E-state index is -5.05. The average molecular weight is 705 g/mol. The third kappa shape index (κ3) is 8.77. The van der Waals surface area contributed by atoms with Crippen molar-refractivity contribution in [3.05, 3.63) is 123 Å². The number of rotatable bonds is 7. The quantitative estimate of drug-likeness (QED) is 0.104. The first-order chi connectivity index (χ1) is 22.8. The van der Waals surface area contributed by atoms with Gasteiger partial charge in [-0.15, -0.1) is 0 Å². The molecule has 0 aliphatic carbocycles. The van der Waals surface area contributed by atoms with Gasteiger partial charge in [0.2, 0.25) is 0 Å². The Morgan fingerprint density at radius 1 is 0.490 bits per heavy atom. The summed E-state index contributed by atoms with van der Waals surface area (Å²) in [6.45, 7) is 17.0. The zero-order chi connectivity index (χ0) is 36.4. The van der Waals surface area contributed by atoms with E-state index in [9.17, 15) is 14.2 Å². The molecule has 5 aromatic carbocycles. The van der Waals surface area contributed by atoms with E-state index >= 15 is 0 Å². The fraction of sp³-hybridized carbons (Fsp3) is 0.211. The highest BCUT2D eigenvalue weighted by Gasteiger charge is 2.28. The van der Waals surface area contributed by atoms with Gasteiger partial charge in [-0.3, -0.25) is 0 Å². The first kappa shape index (κ1) is 37.8. The molecule has 9 nitrogen and oxygen atoms in total. The van der Waals surface area contributed by atoms with E-state index in [1.54, 1.807) is 0 Å². The van der Waals surface area contributed by atoms with E-state index in [-0.39, 0.29) is 5.75 Å². The van der Waals surface area contributed by atoms with E-state index in [1.807, 2.05) is 18.2 Å². The topological polar surface area (TPSA) is 154 Å². The summed E-state index contributed by atoms with van der Waals surface area (Å²) >= 11 is 0. The highest BCUT2D eigenvalue weighted by Crippen LogP contribution is 2.54. The maximum atomic E-state index is 11.9. The van der Waals surface area contributed by atoms with Gasteiger partial charge in [-0.2, -0.15) is 4.31 Å². The van der Waals surface area contributed by atoms with Crippen LogP contribution < -0.4 is 4.74 Å². The van der Waals surface area contributed by atoms with E-state index < -0.39 is 15.6 Å². The Labute approximate surface area is 287 Å². The Kier molecular flexibility index (Phi) is 11.4. The molecule has 0 spiro atoms. The molecule has 0 radical (unpaired) electrons.